The first-order valence-electron chi connectivity index (χ1n) is 4.00. The van der Waals surface area contributed by atoms with E-state index in [9.17, 15) is 0 Å². The highest BCUT2D eigenvalue weighted by atomic mass is 16.0. The van der Waals surface area contributed by atoms with Crippen molar-refractivity contribution in [3.8, 4) is 0 Å². The first-order chi connectivity index (χ1) is 6.00. The van der Waals surface area contributed by atoms with Gasteiger partial charge in [0, 0.05) is 0 Å². The number of hydrogen-bond acceptors (Lipinski definition) is 0. The van der Waals surface area contributed by atoms with E-state index in [1.807, 2.05) is 72.8 Å². The predicted molar refractivity (Wildman–Crippen MR) is 56.5 cm³/mol. The molecule has 2 N–H and O–H groups in total. The molecule has 0 aliphatic heterocycles. The number of benzene rings is 2. The largest absolute Gasteiger partial charge is 0.412 e. The van der Waals surface area contributed by atoms with Gasteiger partial charge in [-0.25, -0.2) is 0 Å². The predicted octanol–water partition coefficient (Wildman–Crippen LogP) is 2.55. The molecule has 1 heteroatoms. The van der Waals surface area contributed by atoms with Gasteiger partial charge in [-0.15, -0.1) is 0 Å². The molecule has 0 fully saturated rings. The van der Waals surface area contributed by atoms with E-state index in [4.69, 9.17) is 0 Å². The maximum atomic E-state index is 2.00. The minimum atomic E-state index is 0. The highest BCUT2D eigenvalue weighted by molar-refractivity contribution is 4.99. The van der Waals surface area contributed by atoms with E-state index in [0.717, 1.165) is 0 Å². The van der Waals surface area contributed by atoms with Crippen LogP contribution in [0.25, 0.3) is 0 Å². The first-order valence-corrected chi connectivity index (χ1v) is 4.00. The van der Waals surface area contributed by atoms with Crippen LogP contribution in [0.1, 0.15) is 0 Å². The van der Waals surface area contributed by atoms with E-state index in [-0.39, 0.29) is 5.48 Å². The Balaban J connectivity index is 0.000000206. The number of rotatable bonds is 0. The Morgan fingerprint density at radius 1 is 0.231 bits per heavy atom. The van der Waals surface area contributed by atoms with Gasteiger partial charge in [-0.3, -0.25) is 0 Å². The highest BCUT2D eigenvalue weighted by Gasteiger charge is 1.58. The SMILES string of the molecule is O.c1ccccc1.c1ccccc1. The van der Waals surface area contributed by atoms with Crippen LogP contribution >= 0.6 is 0 Å². The molecule has 2 aromatic carbocycles. The first kappa shape index (κ1) is 11.4. The minimum Gasteiger partial charge on any atom is -0.412 e. The van der Waals surface area contributed by atoms with Crippen LogP contribution in [0, 0.1) is 0 Å². The molecule has 0 radical (unpaired) electrons. The Morgan fingerprint density at radius 2 is 0.308 bits per heavy atom. The van der Waals surface area contributed by atoms with Crippen molar-refractivity contribution in [2.24, 2.45) is 0 Å². The summed E-state index contributed by atoms with van der Waals surface area (Å²) in [4.78, 5) is 0. The monoisotopic (exact) mass is 174 g/mol. The molecule has 0 spiro atoms. The lowest BCUT2D eigenvalue weighted by atomic mass is 10.4. The fourth-order valence-electron chi connectivity index (χ4n) is 0.770. The van der Waals surface area contributed by atoms with Crippen molar-refractivity contribution in [1.82, 2.24) is 0 Å². The van der Waals surface area contributed by atoms with Crippen molar-refractivity contribution in [3.63, 3.8) is 0 Å². The second-order valence-electron chi connectivity index (χ2n) is 2.31. The minimum absolute atomic E-state index is 0. The number of hydrogen-bond donors (Lipinski definition) is 0. The maximum absolute atomic E-state index is 2.00. The topological polar surface area (TPSA) is 31.5 Å². The maximum Gasteiger partial charge on any atom is -0.0623 e. The molecule has 0 atom stereocenters. The molecule has 2 rings (SSSR count). The molecule has 13 heavy (non-hydrogen) atoms. The van der Waals surface area contributed by atoms with Crippen LogP contribution in [0.3, 0.4) is 0 Å². The van der Waals surface area contributed by atoms with Gasteiger partial charge >= 0.3 is 0 Å². The van der Waals surface area contributed by atoms with Crippen molar-refractivity contribution in [2.45, 2.75) is 0 Å². The quantitative estimate of drug-likeness (QED) is 0.588. The lowest BCUT2D eigenvalue weighted by molar-refractivity contribution is 0.824. The molecule has 0 amide bonds. The zero-order valence-electron chi connectivity index (χ0n) is 7.43. The summed E-state index contributed by atoms with van der Waals surface area (Å²) in [6.45, 7) is 0. The third-order valence-electron chi connectivity index (χ3n) is 1.33. The second kappa shape index (κ2) is 8.50. The Bertz CT molecular complexity index is 181. The normalized spacial score (nSPS) is 7.38. The van der Waals surface area contributed by atoms with E-state index in [2.05, 4.69) is 0 Å². The Morgan fingerprint density at radius 3 is 0.385 bits per heavy atom. The summed E-state index contributed by atoms with van der Waals surface area (Å²) in [6.07, 6.45) is 0. The summed E-state index contributed by atoms with van der Waals surface area (Å²) in [5.74, 6) is 0. The molecular weight excluding hydrogens is 160 g/mol. The van der Waals surface area contributed by atoms with Crippen LogP contribution in [0.2, 0.25) is 0 Å². The molecule has 1 nitrogen and oxygen atoms in total. The average Bonchev–Trinajstić information content (AvgIpc) is 2.24. The fraction of sp³-hybridized carbons (Fsp3) is 0. The Labute approximate surface area is 79.0 Å². The van der Waals surface area contributed by atoms with Gasteiger partial charge in [0.15, 0.2) is 0 Å². The summed E-state index contributed by atoms with van der Waals surface area (Å²) in [7, 11) is 0. The Kier molecular flexibility index (Phi) is 7.45. The summed E-state index contributed by atoms with van der Waals surface area (Å²) in [6, 6.07) is 24.0. The van der Waals surface area contributed by atoms with Crippen LogP contribution in [0.15, 0.2) is 72.8 Å². The molecule has 68 valence electrons. The summed E-state index contributed by atoms with van der Waals surface area (Å²) in [5, 5.41) is 0. The molecular formula is C12H14O. The van der Waals surface area contributed by atoms with Gasteiger partial charge in [0.05, 0.1) is 0 Å². The van der Waals surface area contributed by atoms with Crippen LogP contribution in [0.5, 0.6) is 0 Å². The molecule has 0 aliphatic carbocycles. The molecule has 0 saturated carbocycles. The van der Waals surface area contributed by atoms with Crippen molar-refractivity contribution in [3.05, 3.63) is 72.8 Å². The van der Waals surface area contributed by atoms with Gasteiger partial charge in [0.25, 0.3) is 0 Å². The molecule has 0 aromatic heterocycles. The van der Waals surface area contributed by atoms with Crippen LogP contribution in [0.4, 0.5) is 0 Å². The average molecular weight is 174 g/mol. The van der Waals surface area contributed by atoms with E-state index in [1.165, 1.54) is 0 Å². The fourth-order valence-corrected chi connectivity index (χ4v) is 0.770. The van der Waals surface area contributed by atoms with Gasteiger partial charge in [-0.1, -0.05) is 72.8 Å². The van der Waals surface area contributed by atoms with Gasteiger partial charge in [-0.2, -0.15) is 0 Å². The molecule has 0 heterocycles. The van der Waals surface area contributed by atoms with Crippen molar-refractivity contribution < 1.29 is 5.48 Å². The second-order valence-corrected chi connectivity index (χ2v) is 2.31. The van der Waals surface area contributed by atoms with Gasteiger partial charge in [0.1, 0.15) is 0 Å². The summed E-state index contributed by atoms with van der Waals surface area (Å²) >= 11 is 0. The van der Waals surface area contributed by atoms with Crippen LogP contribution in [-0.2, 0) is 0 Å². The van der Waals surface area contributed by atoms with Gasteiger partial charge < -0.3 is 5.48 Å². The van der Waals surface area contributed by atoms with E-state index in [0.29, 0.717) is 0 Å². The molecule has 2 aromatic rings. The summed E-state index contributed by atoms with van der Waals surface area (Å²) < 4.78 is 0. The molecule has 0 saturated heterocycles. The van der Waals surface area contributed by atoms with Crippen LogP contribution < -0.4 is 0 Å². The zero-order chi connectivity index (χ0) is 8.49. The van der Waals surface area contributed by atoms with Gasteiger partial charge in [-0.05, 0) is 0 Å². The summed E-state index contributed by atoms with van der Waals surface area (Å²) in [5.41, 5.74) is 0. The highest BCUT2D eigenvalue weighted by Crippen LogP contribution is 1.80. The van der Waals surface area contributed by atoms with Crippen LogP contribution in [-0.4, -0.2) is 5.48 Å². The van der Waals surface area contributed by atoms with Gasteiger partial charge in [0.2, 0.25) is 0 Å². The molecule has 0 aliphatic rings. The molecule has 0 unspecified atom stereocenters. The van der Waals surface area contributed by atoms with E-state index in [1.54, 1.807) is 0 Å². The lowest BCUT2D eigenvalue weighted by Gasteiger charge is -1.69. The van der Waals surface area contributed by atoms with Crippen molar-refractivity contribution in [2.75, 3.05) is 0 Å². The zero-order valence-corrected chi connectivity index (χ0v) is 7.43. The molecule has 0 bridgehead atoms. The third kappa shape index (κ3) is 6.78. The lowest BCUT2D eigenvalue weighted by Crippen LogP contribution is -1.47. The standard InChI is InChI=1S/2C6H6.H2O/c2*1-2-4-6-5-3-1;/h2*1-6H;1H2. The van der Waals surface area contributed by atoms with E-state index < -0.39 is 0 Å². The van der Waals surface area contributed by atoms with Crippen molar-refractivity contribution >= 4 is 0 Å². The van der Waals surface area contributed by atoms with Crippen molar-refractivity contribution in [1.29, 1.82) is 0 Å². The third-order valence-corrected chi connectivity index (χ3v) is 1.33. The Hall–Kier alpha value is -1.60. The van der Waals surface area contributed by atoms with E-state index >= 15 is 0 Å². The smallest absolute Gasteiger partial charge is 0.0623 e.